The van der Waals surface area contributed by atoms with Crippen LogP contribution in [0.2, 0.25) is 0 Å². The lowest BCUT2D eigenvalue weighted by Gasteiger charge is -2.28. The Labute approximate surface area is 175 Å². The van der Waals surface area contributed by atoms with Gasteiger partial charge in [0.1, 0.15) is 0 Å². The molecule has 0 aliphatic rings. The molecule has 0 saturated heterocycles. The van der Waals surface area contributed by atoms with Crippen LogP contribution in [0, 0.1) is 5.92 Å². The van der Waals surface area contributed by atoms with Crippen molar-refractivity contribution in [1.29, 1.82) is 0 Å². The van der Waals surface area contributed by atoms with E-state index in [1.807, 2.05) is 58.0 Å². The van der Waals surface area contributed by atoms with Crippen LogP contribution in [0.25, 0.3) is 0 Å². The molecule has 0 saturated carbocycles. The average Bonchev–Trinajstić information content (AvgIpc) is 2.69. The fourth-order valence-electron chi connectivity index (χ4n) is 2.83. The second-order valence-corrected chi connectivity index (χ2v) is 9.14. The van der Waals surface area contributed by atoms with Crippen LogP contribution in [-0.4, -0.2) is 43.1 Å². The molecular weight excluding hydrogens is 386 g/mol. The normalized spacial score (nSPS) is 13.7. The van der Waals surface area contributed by atoms with Gasteiger partial charge in [0.25, 0.3) is 0 Å². The minimum absolute atomic E-state index is 0.0567. The van der Waals surface area contributed by atoms with Gasteiger partial charge in [-0.1, -0.05) is 58.0 Å². The largest absolute Gasteiger partial charge is 0.399 e. The third kappa shape index (κ3) is 7.78. The molecule has 0 bridgehead atoms. The Morgan fingerprint density at radius 3 is 2.03 bits per heavy atom. The van der Waals surface area contributed by atoms with Gasteiger partial charge in [0.2, 0.25) is 10.0 Å². The third-order valence-corrected chi connectivity index (χ3v) is 6.13. The number of nitrogen functional groups attached to an aromatic ring is 1. The smallest absolute Gasteiger partial charge is 0.243 e. The van der Waals surface area contributed by atoms with E-state index in [0.29, 0.717) is 18.7 Å². The number of hydrogen-bond acceptors (Lipinski definition) is 5. The maximum atomic E-state index is 13.0. The summed E-state index contributed by atoms with van der Waals surface area (Å²) in [4.78, 5) is 0.154. The van der Waals surface area contributed by atoms with E-state index in [4.69, 9.17) is 11.5 Å². The predicted octanol–water partition coefficient (Wildman–Crippen LogP) is 2.87. The fraction of sp³-hybridized carbons (Fsp3) is 0.455. The van der Waals surface area contributed by atoms with Gasteiger partial charge in [-0.3, -0.25) is 0 Å². The van der Waals surface area contributed by atoms with Crippen LogP contribution in [0.5, 0.6) is 0 Å². The number of anilines is 1. The minimum atomic E-state index is -3.75. The molecular formula is C22H35N3O3S. The summed E-state index contributed by atoms with van der Waals surface area (Å²) in [5.74, 6) is 0.103. The molecule has 0 amide bonds. The molecule has 0 radical (unpaired) electrons. The Kier molecular flexibility index (Phi) is 10.3. The van der Waals surface area contributed by atoms with Gasteiger partial charge in [-0.25, -0.2) is 8.42 Å². The minimum Gasteiger partial charge on any atom is -0.399 e. The molecule has 2 rings (SSSR count). The van der Waals surface area contributed by atoms with E-state index < -0.39 is 22.2 Å². The lowest BCUT2D eigenvalue weighted by Crippen LogP contribution is -2.47. The van der Waals surface area contributed by atoms with Gasteiger partial charge in [0, 0.05) is 24.8 Å². The first-order chi connectivity index (χ1) is 13.7. The molecule has 6 nitrogen and oxygen atoms in total. The molecule has 0 aliphatic heterocycles. The molecule has 2 aromatic rings. The highest BCUT2D eigenvalue weighted by atomic mass is 32.2. The van der Waals surface area contributed by atoms with E-state index in [-0.39, 0.29) is 17.4 Å². The second-order valence-electron chi connectivity index (χ2n) is 7.21. The van der Waals surface area contributed by atoms with Gasteiger partial charge >= 0.3 is 0 Å². The number of rotatable bonds is 9. The van der Waals surface area contributed by atoms with Crippen LogP contribution in [0.15, 0.2) is 59.5 Å². The Morgan fingerprint density at radius 1 is 0.966 bits per heavy atom. The monoisotopic (exact) mass is 421 g/mol. The maximum absolute atomic E-state index is 13.0. The van der Waals surface area contributed by atoms with Gasteiger partial charge in [-0.2, -0.15) is 4.31 Å². The zero-order valence-corrected chi connectivity index (χ0v) is 18.6. The topological polar surface area (TPSA) is 110 Å². The van der Waals surface area contributed by atoms with Gasteiger partial charge < -0.3 is 16.6 Å². The molecule has 29 heavy (non-hydrogen) atoms. The quantitative estimate of drug-likeness (QED) is 0.539. The van der Waals surface area contributed by atoms with Crippen LogP contribution in [0.3, 0.4) is 0 Å². The summed E-state index contributed by atoms with van der Waals surface area (Å²) in [6, 6.07) is 15.1. The summed E-state index contributed by atoms with van der Waals surface area (Å²) in [6.07, 6.45) is -0.507. The number of benzene rings is 2. The highest BCUT2D eigenvalue weighted by Crippen LogP contribution is 2.19. The molecule has 7 heteroatoms. The zero-order chi connectivity index (χ0) is 22.0. The van der Waals surface area contributed by atoms with Gasteiger partial charge in [-0.05, 0) is 42.2 Å². The van der Waals surface area contributed by atoms with Crippen molar-refractivity contribution in [2.75, 3.05) is 18.8 Å². The Balaban J connectivity index is 0.00000204. The van der Waals surface area contributed by atoms with Crippen LogP contribution in [0.1, 0.15) is 33.3 Å². The number of sulfonamides is 1. The molecule has 2 aromatic carbocycles. The standard InChI is InChI=1S/C20H29N3O3S.C2H6/c1-15(2)13-23(27(25,26)18-10-8-17(21)9-11-18)14-20(24)19(22)12-16-6-4-3-5-7-16;1-2/h3-11,15,19-20,24H,12-14,21-22H2,1-2H3;1-2H3/t19-,20+;/m0./s1. The van der Waals surface area contributed by atoms with E-state index >= 15 is 0 Å². The molecule has 0 heterocycles. The number of hydrogen-bond donors (Lipinski definition) is 3. The molecule has 162 valence electrons. The summed E-state index contributed by atoms with van der Waals surface area (Å²) < 4.78 is 27.4. The van der Waals surface area contributed by atoms with Crippen LogP contribution in [-0.2, 0) is 16.4 Å². The van der Waals surface area contributed by atoms with E-state index in [1.165, 1.54) is 16.4 Å². The van der Waals surface area contributed by atoms with Crippen molar-refractivity contribution in [3.05, 3.63) is 60.2 Å². The van der Waals surface area contributed by atoms with Crippen molar-refractivity contribution in [2.45, 2.75) is 51.2 Å². The summed E-state index contributed by atoms with van der Waals surface area (Å²) >= 11 is 0. The van der Waals surface area contributed by atoms with E-state index in [0.717, 1.165) is 5.56 Å². The fourth-order valence-corrected chi connectivity index (χ4v) is 4.45. The molecule has 0 aliphatic carbocycles. The van der Waals surface area contributed by atoms with Crippen molar-refractivity contribution < 1.29 is 13.5 Å². The lowest BCUT2D eigenvalue weighted by molar-refractivity contribution is 0.116. The van der Waals surface area contributed by atoms with Crippen molar-refractivity contribution in [1.82, 2.24) is 4.31 Å². The van der Waals surface area contributed by atoms with Crippen molar-refractivity contribution in [2.24, 2.45) is 11.7 Å². The Hall–Kier alpha value is -1.93. The van der Waals surface area contributed by atoms with Crippen LogP contribution >= 0.6 is 0 Å². The third-order valence-electron chi connectivity index (χ3n) is 4.29. The molecule has 0 fully saturated rings. The van der Waals surface area contributed by atoms with Gasteiger partial charge in [0.05, 0.1) is 11.0 Å². The van der Waals surface area contributed by atoms with Gasteiger partial charge in [-0.15, -0.1) is 0 Å². The van der Waals surface area contributed by atoms with E-state index in [1.54, 1.807) is 12.1 Å². The number of aliphatic hydroxyl groups excluding tert-OH is 1. The summed E-state index contributed by atoms with van der Waals surface area (Å²) in [5, 5.41) is 10.6. The molecule has 2 atom stereocenters. The summed E-state index contributed by atoms with van der Waals surface area (Å²) in [7, 11) is -3.75. The molecule has 5 N–H and O–H groups in total. The highest BCUT2D eigenvalue weighted by Gasteiger charge is 2.29. The predicted molar refractivity (Wildman–Crippen MR) is 120 cm³/mol. The van der Waals surface area contributed by atoms with Crippen molar-refractivity contribution in [3.63, 3.8) is 0 Å². The number of nitrogens with zero attached hydrogens (tertiary/aromatic N) is 1. The zero-order valence-electron chi connectivity index (χ0n) is 17.8. The van der Waals surface area contributed by atoms with E-state index in [2.05, 4.69) is 0 Å². The van der Waals surface area contributed by atoms with Crippen LogP contribution < -0.4 is 11.5 Å². The SMILES string of the molecule is CC.CC(C)CN(C[C@@H](O)[C@@H](N)Cc1ccccc1)S(=O)(=O)c1ccc(N)cc1. The van der Waals surface area contributed by atoms with Crippen molar-refractivity contribution >= 4 is 15.7 Å². The number of aliphatic hydroxyl groups is 1. The number of nitrogens with two attached hydrogens (primary N) is 2. The lowest BCUT2D eigenvalue weighted by atomic mass is 10.0. The van der Waals surface area contributed by atoms with Crippen LogP contribution in [0.4, 0.5) is 5.69 Å². The first kappa shape index (κ1) is 25.1. The second kappa shape index (κ2) is 11.9. The first-order valence-corrected chi connectivity index (χ1v) is 11.5. The first-order valence-electron chi connectivity index (χ1n) is 10.0. The molecule has 0 aromatic heterocycles. The summed E-state index contributed by atoms with van der Waals surface area (Å²) in [5.41, 5.74) is 13.3. The van der Waals surface area contributed by atoms with Gasteiger partial charge in [0.15, 0.2) is 0 Å². The highest BCUT2D eigenvalue weighted by molar-refractivity contribution is 7.89. The Morgan fingerprint density at radius 2 is 1.52 bits per heavy atom. The van der Waals surface area contributed by atoms with E-state index in [9.17, 15) is 13.5 Å². The molecule has 0 spiro atoms. The Bertz CT molecular complexity index is 809. The average molecular weight is 422 g/mol. The summed E-state index contributed by atoms with van der Waals surface area (Å²) in [6.45, 7) is 8.10. The van der Waals surface area contributed by atoms with Crippen molar-refractivity contribution in [3.8, 4) is 0 Å². The molecule has 0 unspecified atom stereocenters. The maximum Gasteiger partial charge on any atom is 0.243 e.